The largest absolute Gasteiger partial charge is 0.293 e. The van der Waals surface area contributed by atoms with Gasteiger partial charge < -0.3 is 0 Å². The molecule has 0 N–H and O–H groups in total. The van der Waals surface area contributed by atoms with Gasteiger partial charge in [0.2, 0.25) is 0 Å². The molecule has 31 heavy (non-hydrogen) atoms. The van der Waals surface area contributed by atoms with E-state index >= 15 is 0 Å². The van der Waals surface area contributed by atoms with Crippen LogP contribution < -0.4 is 5.56 Å². The predicted octanol–water partition coefficient (Wildman–Crippen LogP) is 5.54. The summed E-state index contributed by atoms with van der Waals surface area (Å²) in [6.45, 7) is 6.13. The highest BCUT2D eigenvalue weighted by Gasteiger charge is 2.16. The third-order valence-corrected chi connectivity index (χ3v) is 6.45. The molecule has 0 spiro atoms. The average Bonchev–Trinajstić information content (AvgIpc) is 2.79. The topological polar surface area (TPSA) is 52.0 Å². The maximum Gasteiger partial charge on any atom is 0.266 e. The minimum absolute atomic E-state index is 0.0170. The van der Waals surface area contributed by atoms with Crippen molar-refractivity contribution in [1.29, 1.82) is 0 Å². The first kappa shape index (κ1) is 21.1. The zero-order chi connectivity index (χ0) is 22.0. The van der Waals surface area contributed by atoms with Crippen molar-refractivity contribution in [2.24, 2.45) is 0 Å². The number of ketones is 1. The predicted molar refractivity (Wildman–Crippen MR) is 128 cm³/mol. The van der Waals surface area contributed by atoms with Crippen molar-refractivity contribution in [3.63, 3.8) is 0 Å². The fraction of sp³-hybridized carbons (Fsp3) is 0.192. The number of aromatic nitrogens is 2. The van der Waals surface area contributed by atoms with Gasteiger partial charge in [0, 0.05) is 5.56 Å². The molecule has 3 aromatic carbocycles. The molecule has 0 fully saturated rings. The van der Waals surface area contributed by atoms with Crippen molar-refractivity contribution in [2.45, 2.75) is 32.3 Å². The summed E-state index contributed by atoms with van der Waals surface area (Å²) >= 11 is 1.30. The molecule has 0 amide bonds. The van der Waals surface area contributed by atoms with E-state index in [1.165, 1.54) is 17.3 Å². The maximum atomic E-state index is 13.3. The Labute approximate surface area is 186 Å². The highest BCUT2D eigenvalue weighted by molar-refractivity contribution is 7.99. The number of Topliss-reactive ketones (excluding diaryl/α,β-unsaturated/α-hetero) is 1. The van der Waals surface area contributed by atoms with Crippen LogP contribution in [0.4, 0.5) is 0 Å². The van der Waals surface area contributed by atoms with E-state index < -0.39 is 0 Å². The molecule has 5 heteroatoms. The second-order valence-electron chi connectivity index (χ2n) is 7.58. The summed E-state index contributed by atoms with van der Waals surface area (Å²) in [6.07, 6.45) is 0.928. The average molecular weight is 429 g/mol. The van der Waals surface area contributed by atoms with Crippen molar-refractivity contribution < 1.29 is 4.79 Å². The monoisotopic (exact) mass is 428 g/mol. The standard InChI is InChI=1S/C26H24N2O2S/c1-4-19-10-13-21(14-11-19)28-25(30)22-7-5-6-8-23(22)27-26(28)31-16-24(29)20-12-9-17(2)18(3)15-20/h5-15H,4,16H2,1-3H3. The number of hydrogen-bond donors (Lipinski definition) is 0. The minimum atomic E-state index is -0.129. The van der Waals surface area contributed by atoms with Crippen molar-refractivity contribution in [3.8, 4) is 5.69 Å². The first-order valence-electron chi connectivity index (χ1n) is 10.3. The Hall–Kier alpha value is -3.18. The number of hydrogen-bond acceptors (Lipinski definition) is 4. The van der Waals surface area contributed by atoms with Crippen molar-refractivity contribution in [2.75, 3.05) is 5.75 Å². The summed E-state index contributed by atoms with van der Waals surface area (Å²) < 4.78 is 1.61. The quantitative estimate of drug-likeness (QED) is 0.230. The van der Waals surface area contributed by atoms with E-state index in [-0.39, 0.29) is 17.1 Å². The third-order valence-electron chi connectivity index (χ3n) is 5.51. The Morgan fingerprint density at radius 2 is 1.71 bits per heavy atom. The molecule has 4 aromatic rings. The number of rotatable bonds is 6. The van der Waals surface area contributed by atoms with E-state index in [9.17, 15) is 9.59 Å². The number of aryl methyl sites for hydroxylation is 3. The lowest BCUT2D eigenvalue weighted by molar-refractivity contribution is 0.102. The molecule has 0 aliphatic carbocycles. The van der Waals surface area contributed by atoms with Crippen LogP contribution in [0.5, 0.6) is 0 Å². The highest BCUT2D eigenvalue weighted by atomic mass is 32.2. The fourth-order valence-electron chi connectivity index (χ4n) is 3.45. The van der Waals surface area contributed by atoms with Crippen LogP contribution in [0.25, 0.3) is 16.6 Å². The SMILES string of the molecule is CCc1ccc(-n2c(SCC(=O)c3ccc(C)c(C)c3)nc3ccccc3c2=O)cc1. The second-order valence-corrected chi connectivity index (χ2v) is 8.53. The van der Waals surface area contributed by atoms with Crippen LogP contribution in [0, 0.1) is 13.8 Å². The zero-order valence-corrected chi connectivity index (χ0v) is 18.7. The third kappa shape index (κ3) is 4.32. The molecule has 0 aliphatic rings. The van der Waals surface area contributed by atoms with Crippen LogP contribution in [0.15, 0.2) is 76.7 Å². The molecular formula is C26H24N2O2S. The summed E-state index contributed by atoms with van der Waals surface area (Å²) in [6, 6.07) is 21.0. The molecule has 1 aromatic heterocycles. The smallest absolute Gasteiger partial charge is 0.266 e. The number of para-hydroxylation sites is 1. The Bertz CT molecular complexity index is 1320. The summed E-state index contributed by atoms with van der Waals surface area (Å²) in [4.78, 5) is 30.9. The molecule has 4 nitrogen and oxygen atoms in total. The Morgan fingerprint density at radius 3 is 2.42 bits per heavy atom. The van der Waals surface area contributed by atoms with E-state index in [0.29, 0.717) is 21.6 Å². The van der Waals surface area contributed by atoms with Gasteiger partial charge in [0.15, 0.2) is 10.9 Å². The fourth-order valence-corrected chi connectivity index (χ4v) is 4.35. The Morgan fingerprint density at radius 1 is 0.968 bits per heavy atom. The van der Waals surface area contributed by atoms with Gasteiger partial charge in [-0.3, -0.25) is 14.2 Å². The molecule has 0 aliphatic heterocycles. The lowest BCUT2D eigenvalue weighted by Gasteiger charge is -2.13. The van der Waals surface area contributed by atoms with Gasteiger partial charge in [-0.15, -0.1) is 0 Å². The normalized spacial score (nSPS) is 11.1. The van der Waals surface area contributed by atoms with E-state index in [0.717, 1.165) is 23.2 Å². The van der Waals surface area contributed by atoms with E-state index in [4.69, 9.17) is 4.98 Å². The Kier molecular flexibility index (Phi) is 6.05. The lowest BCUT2D eigenvalue weighted by atomic mass is 10.0. The van der Waals surface area contributed by atoms with Crippen LogP contribution in [0.3, 0.4) is 0 Å². The van der Waals surface area contributed by atoms with Crippen molar-refractivity contribution in [3.05, 3.63) is 99.3 Å². The first-order valence-corrected chi connectivity index (χ1v) is 11.3. The van der Waals surface area contributed by atoms with Gasteiger partial charge in [0.25, 0.3) is 5.56 Å². The van der Waals surface area contributed by atoms with Gasteiger partial charge in [-0.05, 0) is 67.3 Å². The molecule has 0 saturated heterocycles. The van der Waals surface area contributed by atoms with E-state index in [2.05, 4.69) is 6.92 Å². The van der Waals surface area contributed by atoms with Crippen LogP contribution >= 0.6 is 11.8 Å². The van der Waals surface area contributed by atoms with Crippen molar-refractivity contribution in [1.82, 2.24) is 9.55 Å². The van der Waals surface area contributed by atoms with E-state index in [1.54, 1.807) is 10.6 Å². The molecule has 0 radical (unpaired) electrons. The molecule has 156 valence electrons. The van der Waals surface area contributed by atoms with Gasteiger partial charge in [-0.25, -0.2) is 4.98 Å². The van der Waals surface area contributed by atoms with Gasteiger partial charge in [0.05, 0.1) is 22.3 Å². The summed E-state index contributed by atoms with van der Waals surface area (Å²) in [5.41, 5.74) is 5.38. The summed E-state index contributed by atoms with van der Waals surface area (Å²) in [5.74, 6) is 0.226. The highest BCUT2D eigenvalue weighted by Crippen LogP contribution is 2.23. The number of benzene rings is 3. The van der Waals surface area contributed by atoms with Gasteiger partial charge >= 0.3 is 0 Å². The van der Waals surface area contributed by atoms with Gasteiger partial charge in [-0.1, -0.05) is 55.1 Å². The number of thioether (sulfide) groups is 1. The van der Waals surface area contributed by atoms with Crippen LogP contribution in [-0.2, 0) is 6.42 Å². The van der Waals surface area contributed by atoms with Crippen LogP contribution in [0.1, 0.15) is 34.0 Å². The molecular weight excluding hydrogens is 404 g/mol. The van der Waals surface area contributed by atoms with Gasteiger partial charge in [0.1, 0.15) is 0 Å². The molecule has 0 atom stereocenters. The summed E-state index contributed by atoms with van der Waals surface area (Å²) in [7, 11) is 0. The zero-order valence-electron chi connectivity index (χ0n) is 17.9. The molecule has 0 bridgehead atoms. The molecule has 0 saturated carbocycles. The van der Waals surface area contributed by atoms with Gasteiger partial charge in [-0.2, -0.15) is 0 Å². The molecule has 4 rings (SSSR count). The second kappa shape index (κ2) is 8.90. The molecule has 1 heterocycles. The minimum Gasteiger partial charge on any atom is -0.293 e. The maximum absolute atomic E-state index is 13.3. The molecule has 0 unspecified atom stereocenters. The number of carbonyl (C=O) groups excluding carboxylic acids is 1. The van der Waals surface area contributed by atoms with Crippen LogP contribution in [0.2, 0.25) is 0 Å². The Balaban J connectivity index is 1.74. The van der Waals surface area contributed by atoms with E-state index in [1.807, 2.05) is 74.5 Å². The first-order chi connectivity index (χ1) is 15.0. The van der Waals surface area contributed by atoms with Crippen molar-refractivity contribution >= 4 is 28.4 Å². The van der Waals surface area contributed by atoms with Crippen LogP contribution in [-0.4, -0.2) is 21.1 Å². The lowest BCUT2D eigenvalue weighted by Crippen LogP contribution is -2.22. The number of nitrogens with zero attached hydrogens (tertiary/aromatic N) is 2. The number of fused-ring (bicyclic) bond motifs is 1. The summed E-state index contributed by atoms with van der Waals surface area (Å²) in [5, 5.41) is 1.08. The number of carbonyl (C=O) groups is 1.